The van der Waals surface area contributed by atoms with E-state index in [-0.39, 0.29) is 11.7 Å². The van der Waals surface area contributed by atoms with Gasteiger partial charge in [-0.05, 0) is 49.8 Å². The number of aromatic nitrogens is 3. The fraction of sp³-hybridized carbons (Fsp3) is 0.455. The number of carbonyl (C=O) groups is 2. The molecule has 0 bridgehead atoms. The molecule has 8 nitrogen and oxygen atoms in total. The minimum atomic E-state index is -0.391. The van der Waals surface area contributed by atoms with Gasteiger partial charge in [0, 0.05) is 11.4 Å². The quantitative estimate of drug-likeness (QED) is 0.284. The van der Waals surface area contributed by atoms with Crippen molar-refractivity contribution in [2.45, 2.75) is 57.1 Å². The van der Waals surface area contributed by atoms with Crippen molar-refractivity contribution in [3.63, 3.8) is 0 Å². The first kappa shape index (κ1) is 22.6. The van der Waals surface area contributed by atoms with Crippen molar-refractivity contribution in [3.05, 3.63) is 34.4 Å². The number of anilines is 1. The normalized spacial score (nSPS) is 13.4. The zero-order valence-electron chi connectivity index (χ0n) is 18.2. The molecule has 0 radical (unpaired) electrons. The van der Waals surface area contributed by atoms with Gasteiger partial charge in [0.25, 0.3) is 0 Å². The second kappa shape index (κ2) is 10.4. The summed E-state index contributed by atoms with van der Waals surface area (Å²) in [5, 5.41) is 12.7. The second-order valence-electron chi connectivity index (χ2n) is 7.53. The zero-order valence-corrected chi connectivity index (χ0v) is 19.8. The van der Waals surface area contributed by atoms with E-state index in [0.717, 1.165) is 50.6 Å². The van der Waals surface area contributed by atoms with Gasteiger partial charge in [-0.2, -0.15) is 0 Å². The van der Waals surface area contributed by atoms with E-state index < -0.39 is 5.97 Å². The summed E-state index contributed by atoms with van der Waals surface area (Å²) in [6, 6.07) is 3.65. The number of esters is 1. The van der Waals surface area contributed by atoms with Gasteiger partial charge in [-0.3, -0.25) is 9.36 Å². The van der Waals surface area contributed by atoms with Gasteiger partial charge < -0.3 is 14.5 Å². The lowest BCUT2D eigenvalue weighted by Crippen LogP contribution is -2.16. The average Bonchev–Trinajstić information content (AvgIpc) is 3.48. The molecule has 1 N–H and O–H groups in total. The summed E-state index contributed by atoms with van der Waals surface area (Å²) in [6.45, 7) is 2.79. The molecule has 0 saturated carbocycles. The molecule has 32 heavy (non-hydrogen) atoms. The molecule has 3 aromatic heterocycles. The standard InChI is InChI=1S/C22H26N4O4S2/c1-3-11-26-19(15-9-7-12-30-15)24-25-22(26)31-13-17(27)23-20-18(21(28)29-2)14-8-5-4-6-10-16(14)32-20/h7,9,12H,3-6,8,10-11,13H2,1-2H3,(H,23,27). The number of ether oxygens (including phenoxy) is 1. The predicted octanol–water partition coefficient (Wildman–Crippen LogP) is 4.80. The van der Waals surface area contributed by atoms with Crippen molar-refractivity contribution in [2.24, 2.45) is 0 Å². The number of aryl methyl sites for hydroxylation is 1. The molecule has 0 saturated heterocycles. The first-order valence-corrected chi connectivity index (χ1v) is 12.5. The Bertz CT molecular complexity index is 1090. The van der Waals surface area contributed by atoms with Crippen molar-refractivity contribution >= 4 is 40.0 Å². The summed E-state index contributed by atoms with van der Waals surface area (Å²) >= 11 is 2.81. The van der Waals surface area contributed by atoms with E-state index in [2.05, 4.69) is 22.4 Å². The number of hydrogen-bond donors (Lipinski definition) is 1. The minimum absolute atomic E-state index is 0.156. The fourth-order valence-electron chi connectivity index (χ4n) is 3.85. The van der Waals surface area contributed by atoms with Crippen LogP contribution in [-0.4, -0.2) is 39.5 Å². The Morgan fingerprint density at radius 2 is 2.12 bits per heavy atom. The number of rotatable bonds is 8. The second-order valence-corrected chi connectivity index (χ2v) is 9.58. The number of nitrogens with one attached hydrogen (secondary N) is 1. The van der Waals surface area contributed by atoms with Gasteiger partial charge in [0.1, 0.15) is 5.00 Å². The first-order valence-electron chi connectivity index (χ1n) is 10.7. The Morgan fingerprint density at radius 3 is 2.88 bits per heavy atom. The number of amides is 1. The van der Waals surface area contributed by atoms with E-state index in [4.69, 9.17) is 9.15 Å². The van der Waals surface area contributed by atoms with Crippen LogP contribution in [0.4, 0.5) is 5.00 Å². The van der Waals surface area contributed by atoms with Crippen LogP contribution in [0, 0.1) is 0 Å². The maximum Gasteiger partial charge on any atom is 0.341 e. The van der Waals surface area contributed by atoms with Crippen LogP contribution in [0.15, 0.2) is 28.0 Å². The lowest BCUT2D eigenvalue weighted by molar-refractivity contribution is -0.113. The van der Waals surface area contributed by atoms with Crippen LogP contribution in [0.5, 0.6) is 0 Å². The highest BCUT2D eigenvalue weighted by atomic mass is 32.2. The van der Waals surface area contributed by atoms with Gasteiger partial charge in [0.05, 0.1) is 24.7 Å². The van der Waals surface area contributed by atoms with Gasteiger partial charge in [0.15, 0.2) is 16.7 Å². The highest BCUT2D eigenvalue weighted by molar-refractivity contribution is 7.99. The van der Waals surface area contributed by atoms with Crippen LogP contribution in [0.2, 0.25) is 0 Å². The molecule has 1 aliphatic rings. The van der Waals surface area contributed by atoms with E-state index in [1.165, 1.54) is 35.1 Å². The molecule has 0 unspecified atom stereocenters. The van der Waals surface area contributed by atoms with E-state index in [9.17, 15) is 9.59 Å². The van der Waals surface area contributed by atoms with E-state index in [0.29, 0.717) is 27.3 Å². The lowest BCUT2D eigenvalue weighted by atomic mass is 10.1. The molecule has 170 valence electrons. The van der Waals surface area contributed by atoms with Crippen LogP contribution in [0.1, 0.15) is 53.4 Å². The van der Waals surface area contributed by atoms with Crippen molar-refractivity contribution in [3.8, 4) is 11.6 Å². The molecule has 0 aliphatic heterocycles. The Kier molecular flexibility index (Phi) is 7.31. The summed E-state index contributed by atoms with van der Waals surface area (Å²) in [5.41, 5.74) is 1.55. The molecule has 1 aliphatic carbocycles. The zero-order chi connectivity index (χ0) is 22.5. The van der Waals surface area contributed by atoms with Gasteiger partial charge in [0.2, 0.25) is 5.91 Å². The number of furan rings is 1. The highest BCUT2D eigenvalue weighted by Gasteiger charge is 2.26. The van der Waals surface area contributed by atoms with E-state index in [1.807, 2.05) is 16.7 Å². The molecule has 10 heteroatoms. The Morgan fingerprint density at radius 1 is 1.28 bits per heavy atom. The fourth-order valence-corrected chi connectivity index (χ4v) is 5.91. The maximum atomic E-state index is 12.8. The molecule has 0 atom stereocenters. The molecule has 0 fully saturated rings. The van der Waals surface area contributed by atoms with Gasteiger partial charge >= 0.3 is 5.97 Å². The first-order chi connectivity index (χ1) is 15.6. The van der Waals surface area contributed by atoms with E-state index >= 15 is 0 Å². The topological polar surface area (TPSA) is 99.2 Å². The number of carbonyl (C=O) groups excluding carboxylic acids is 2. The van der Waals surface area contributed by atoms with Crippen molar-refractivity contribution < 1.29 is 18.7 Å². The summed E-state index contributed by atoms with van der Waals surface area (Å²) in [4.78, 5) is 26.4. The lowest BCUT2D eigenvalue weighted by Gasteiger charge is -2.09. The number of fused-ring (bicyclic) bond motifs is 1. The van der Waals surface area contributed by atoms with Crippen LogP contribution >= 0.6 is 23.1 Å². The molecule has 4 rings (SSSR count). The van der Waals surface area contributed by atoms with Gasteiger partial charge in [-0.15, -0.1) is 21.5 Å². The third-order valence-electron chi connectivity index (χ3n) is 5.30. The van der Waals surface area contributed by atoms with Crippen LogP contribution < -0.4 is 5.32 Å². The molecular formula is C22H26N4O4S2. The van der Waals surface area contributed by atoms with Crippen molar-refractivity contribution in [1.82, 2.24) is 14.8 Å². The number of methoxy groups -OCH3 is 1. The number of hydrogen-bond acceptors (Lipinski definition) is 8. The molecule has 0 aromatic carbocycles. The third-order valence-corrected chi connectivity index (χ3v) is 7.48. The third kappa shape index (κ3) is 4.75. The molecule has 3 heterocycles. The largest absolute Gasteiger partial charge is 0.465 e. The average molecular weight is 475 g/mol. The monoisotopic (exact) mass is 474 g/mol. The summed E-state index contributed by atoms with van der Waals surface area (Å²) < 4.78 is 12.4. The van der Waals surface area contributed by atoms with Crippen LogP contribution in [0.25, 0.3) is 11.6 Å². The van der Waals surface area contributed by atoms with E-state index in [1.54, 1.807) is 6.26 Å². The van der Waals surface area contributed by atoms with Crippen LogP contribution in [0.3, 0.4) is 0 Å². The molecule has 0 spiro atoms. The number of thiophene rings is 1. The van der Waals surface area contributed by atoms with Crippen molar-refractivity contribution in [1.29, 1.82) is 0 Å². The van der Waals surface area contributed by atoms with Crippen LogP contribution in [-0.2, 0) is 28.9 Å². The van der Waals surface area contributed by atoms with Gasteiger partial charge in [-0.1, -0.05) is 25.1 Å². The Balaban J connectivity index is 1.49. The van der Waals surface area contributed by atoms with Crippen molar-refractivity contribution in [2.75, 3.05) is 18.2 Å². The van der Waals surface area contributed by atoms with Gasteiger partial charge in [-0.25, -0.2) is 4.79 Å². The highest BCUT2D eigenvalue weighted by Crippen LogP contribution is 2.38. The Hall–Kier alpha value is -2.59. The number of thioether (sulfide) groups is 1. The smallest absolute Gasteiger partial charge is 0.341 e. The predicted molar refractivity (Wildman–Crippen MR) is 124 cm³/mol. The summed E-state index contributed by atoms with van der Waals surface area (Å²) in [6.07, 6.45) is 7.57. The molecule has 3 aromatic rings. The molecular weight excluding hydrogens is 448 g/mol. The summed E-state index contributed by atoms with van der Waals surface area (Å²) in [5.74, 6) is 0.864. The maximum absolute atomic E-state index is 12.8. The summed E-state index contributed by atoms with van der Waals surface area (Å²) in [7, 11) is 1.38. The number of nitrogens with zero attached hydrogens (tertiary/aromatic N) is 3. The SMILES string of the molecule is CCCn1c(SCC(=O)Nc2sc3c(c2C(=O)OC)CCCCC3)nnc1-c1ccco1. The molecule has 1 amide bonds. The Labute approximate surface area is 194 Å². The minimum Gasteiger partial charge on any atom is -0.465 e.